The van der Waals surface area contributed by atoms with Crippen LogP contribution in [0.15, 0.2) is 0 Å². The maximum absolute atomic E-state index is 12.4. The maximum Gasteiger partial charge on any atom is 0.306 e. The lowest BCUT2D eigenvalue weighted by Gasteiger charge is -2.28. The summed E-state index contributed by atoms with van der Waals surface area (Å²) in [6.07, 6.45) is 24.9. The SMILES string of the molecule is [B]CCCCC(CCCCCC)OC(=O)CCCCCCCN(CCO)CCCC(=O)OC1CCC(CCCC)CC1. The summed E-state index contributed by atoms with van der Waals surface area (Å²) in [6, 6.07) is 0. The normalized spacial score (nSPS) is 17.8. The number of hydrogen-bond donors (Lipinski definition) is 1. The van der Waals surface area contributed by atoms with Crippen molar-refractivity contribution in [2.45, 2.75) is 180 Å². The average Bonchev–Trinajstić information content (AvgIpc) is 2.98. The molecule has 0 saturated heterocycles. The highest BCUT2D eigenvalue weighted by Crippen LogP contribution is 2.30. The number of unbranched alkanes of at least 4 members (excludes halogenated alkanes) is 9. The van der Waals surface area contributed by atoms with Crippen molar-refractivity contribution >= 4 is 19.8 Å². The van der Waals surface area contributed by atoms with Crippen molar-refractivity contribution in [3.63, 3.8) is 0 Å². The van der Waals surface area contributed by atoms with Crippen LogP contribution in [0.1, 0.15) is 162 Å². The zero-order valence-corrected chi connectivity index (χ0v) is 27.6. The molecule has 2 radical (unpaired) electrons. The van der Waals surface area contributed by atoms with Crippen LogP contribution in [0.3, 0.4) is 0 Å². The van der Waals surface area contributed by atoms with Crippen LogP contribution in [0.4, 0.5) is 0 Å². The van der Waals surface area contributed by atoms with Crippen LogP contribution < -0.4 is 0 Å². The third-order valence-electron chi connectivity index (χ3n) is 8.84. The van der Waals surface area contributed by atoms with Gasteiger partial charge in [0.05, 0.1) is 14.5 Å². The van der Waals surface area contributed by atoms with Crippen molar-refractivity contribution < 1.29 is 24.2 Å². The van der Waals surface area contributed by atoms with Gasteiger partial charge in [-0.3, -0.25) is 9.59 Å². The number of carbonyl (C=O) groups excluding carboxylic acids is 2. The molecule has 6 nitrogen and oxygen atoms in total. The molecule has 1 atom stereocenters. The second-order valence-electron chi connectivity index (χ2n) is 12.7. The summed E-state index contributed by atoms with van der Waals surface area (Å²) in [6.45, 7) is 6.99. The Balaban J connectivity index is 2.13. The average molecular weight is 592 g/mol. The first kappa shape index (κ1) is 38.9. The molecule has 0 heterocycles. The number of aliphatic hydroxyl groups excluding tert-OH is 1. The van der Waals surface area contributed by atoms with Crippen LogP contribution >= 0.6 is 0 Å². The molecule has 0 spiro atoms. The lowest BCUT2D eigenvalue weighted by atomic mass is 9.84. The molecule has 0 amide bonds. The molecule has 7 heteroatoms. The molecule has 0 bridgehead atoms. The zero-order valence-electron chi connectivity index (χ0n) is 27.6. The molecule has 1 saturated carbocycles. The summed E-state index contributed by atoms with van der Waals surface area (Å²) in [7, 11) is 5.64. The molecule has 1 aliphatic carbocycles. The smallest absolute Gasteiger partial charge is 0.306 e. The topological polar surface area (TPSA) is 76.1 Å². The van der Waals surface area contributed by atoms with E-state index < -0.39 is 0 Å². The van der Waals surface area contributed by atoms with Gasteiger partial charge in [0.25, 0.3) is 0 Å². The third kappa shape index (κ3) is 21.6. The number of rotatable bonds is 28. The van der Waals surface area contributed by atoms with E-state index in [9.17, 15) is 14.7 Å². The lowest BCUT2D eigenvalue weighted by molar-refractivity contribution is -0.151. The molecule has 42 heavy (non-hydrogen) atoms. The van der Waals surface area contributed by atoms with Crippen LogP contribution in [0.5, 0.6) is 0 Å². The number of nitrogens with zero attached hydrogens (tertiary/aromatic N) is 1. The fourth-order valence-electron chi connectivity index (χ4n) is 6.16. The van der Waals surface area contributed by atoms with Crippen LogP contribution in [-0.4, -0.2) is 68.2 Å². The van der Waals surface area contributed by atoms with Crippen LogP contribution in [0, 0.1) is 5.92 Å². The predicted molar refractivity (Wildman–Crippen MR) is 175 cm³/mol. The van der Waals surface area contributed by atoms with Gasteiger partial charge in [0.15, 0.2) is 0 Å². The van der Waals surface area contributed by atoms with Gasteiger partial charge in [0.1, 0.15) is 12.2 Å². The van der Waals surface area contributed by atoms with E-state index in [1.54, 1.807) is 0 Å². The van der Waals surface area contributed by atoms with E-state index in [-0.39, 0.29) is 30.8 Å². The van der Waals surface area contributed by atoms with Crippen LogP contribution in [-0.2, 0) is 19.1 Å². The minimum atomic E-state index is -0.0622. The zero-order chi connectivity index (χ0) is 30.7. The Morgan fingerprint density at radius 2 is 1.36 bits per heavy atom. The second-order valence-corrected chi connectivity index (χ2v) is 12.7. The molecule has 1 aliphatic rings. The third-order valence-corrected chi connectivity index (χ3v) is 8.84. The van der Waals surface area contributed by atoms with Crippen LogP contribution in [0.2, 0.25) is 6.32 Å². The van der Waals surface area contributed by atoms with Crippen molar-refractivity contribution in [1.82, 2.24) is 4.90 Å². The largest absolute Gasteiger partial charge is 0.462 e. The molecule has 1 fully saturated rings. The number of aliphatic hydroxyl groups is 1. The summed E-state index contributed by atoms with van der Waals surface area (Å²) in [5.41, 5.74) is 0. The van der Waals surface area contributed by atoms with Crippen molar-refractivity contribution in [3.05, 3.63) is 0 Å². The number of hydrogen-bond acceptors (Lipinski definition) is 6. The summed E-state index contributed by atoms with van der Waals surface area (Å²) in [5.74, 6) is 0.714. The lowest BCUT2D eigenvalue weighted by Crippen LogP contribution is -2.30. The highest BCUT2D eigenvalue weighted by atomic mass is 16.5. The standard InChI is InChI=1S/C35H66BNO5/c1-3-5-7-11-18-32(19-13-14-26-36)41-34(39)20-12-9-8-10-15-27-37(29-30-38)28-16-21-35(40)42-33-24-22-31(23-25-33)17-6-4-2/h31-33,38H,3-30H2,1-2H3. The molecule has 0 aromatic carbocycles. The van der Waals surface area contributed by atoms with E-state index in [2.05, 4.69) is 18.7 Å². The molecule has 1 rings (SSSR count). The van der Waals surface area contributed by atoms with Crippen LogP contribution in [0.25, 0.3) is 0 Å². The van der Waals surface area contributed by atoms with E-state index >= 15 is 0 Å². The fourth-order valence-corrected chi connectivity index (χ4v) is 6.16. The van der Waals surface area contributed by atoms with Crippen molar-refractivity contribution in [2.75, 3.05) is 26.2 Å². The molecular formula is C35H66BNO5. The van der Waals surface area contributed by atoms with E-state index in [1.807, 2.05) is 0 Å². The van der Waals surface area contributed by atoms with Crippen molar-refractivity contribution in [3.8, 4) is 0 Å². The highest BCUT2D eigenvalue weighted by Gasteiger charge is 2.23. The van der Waals surface area contributed by atoms with Gasteiger partial charge in [-0.15, -0.1) is 0 Å². The summed E-state index contributed by atoms with van der Waals surface area (Å²) >= 11 is 0. The van der Waals surface area contributed by atoms with Crippen molar-refractivity contribution in [1.29, 1.82) is 0 Å². The number of esters is 2. The van der Waals surface area contributed by atoms with Gasteiger partial charge in [0.2, 0.25) is 0 Å². The van der Waals surface area contributed by atoms with Crippen molar-refractivity contribution in [2.24, 2.45) is 5.92 Å². The fraction of sp³-hybridized carbons (Fsp3) is 0.943. The van der Waals surface area contributed by atoms with Gasteiger partial charge in [-0.2, -0.15) is 0 Å². The summed E-state index contributed by atoms with van der Waals surface area (Å²) in [4.78, 5) is 27.1. The molecule has 0 aromatic heterocycles. The number of carbonyl (C=O) groups is 2. The van der Waals surface area contributed by atoms with Gasteiger partial charge in [-0.1, -0.05) is 90.8 Å². The first-order valence-corrected chi connectivity index (χ1v) is 17.9. The Morgan fingerprint density at radius 1 is 0.738 bits per heavy atom. The Kier molecular flexibility index (Phi) is 25.5. The summed E-state index contributed by atoms with van der Waals surface area (Å²) < 4.78 is 11.6. The molecule has 0 aliphatic heterocycles. The second kappa shape index (κ2) is 27.5. The molecule has 244 valence electrons. The van der Waals surface area contributed by atoms with Gasteiger partial charge >= 0.3 is 11.9 Å². The van der Waals surface area contributed by atoms with Gasteiger partial charge in [-0.05, 0) is 83.2 Å². The maximum atomic E-state index is 12.4. The van der Waals surface area contributed by atoms with E-state index in [0.29, 0.717) is 25.7 Å². The Labute approximate surface area is 260 Å². The Hall–Kier alpha value is -1.08. The Bertz CT molecular complexity index is 641. The highest BCUT2D eigenvalue weighted by molar-refractivity contribution is 6.08. The molecule has 1 N–H and O–H groups in total. The molecular weight excluding hydrogens is 525 g/mol. The van der Waals surface area contributed by atoms with E-state index in [4.69, 9.17) is 17.3 Å². The summed E-state index contributed by atoms with van der Waals surface area (Å²) in [5, 5.41) is 9.47. The van der Waals surface area contributed by atoms with E-state index in [0.717, 1.165) is 102 Å². The predicted octanol–water partition coefficient (Wildman–Crippen LogP) is 8.33. The number of ether oxygens (including phenoxy) is 2. The minimum absolute atomic E-state index is 0.0458. The van der Waals surface area contributed by atoms with E-state index in [1.165, 1.54) is 51.4 Å². The van der Waals surface area contributed by atoms with Gasteiger partial charge in [-0.25, -0.2) is 0 Å². The molecule has 1 unspecified atom stereocenters. The Morgan fingerprint density at radius 3 is 2.05 bits per heavy atom. The van der Waals surface area contributed by atoms with Gasteiger partial charge < -0.3 is 19.5 Å². The minimum Gasteiger partial charge on any atom is -0.462 e. The van der Waals surface area contributed by atoms with Gasteiger partial charge in [0, 0.05) is 19.4 Å². The molecule has 0 aromatic rings. The first-order valence-electron chi connectivity index (χ1n) is 17.9. The quantitative estimate of drug-likeness (QED) is 0.0560. The monoisotopic (exact) mass is 592 g/mol. The first-order chi connectivity index (χ1) is 20.5.